The highest BCUT2D eigenvalue weighted by atomic mass is 19.2. The van der Waals surface area contributed by atoms with E-state index in [-0.39, 0.29) is 12.3 Å². The number of Topliss-reactive ketones (excluding diaryl/α,β-unsaturated/α-hetero) is 2. The molecule has 26 heteroatoms. The van der Waals surface area contributed by atoms with Gasteiger partial charge in [0.05, 0.1) is 0 Å². The molecule has 6 aromatic rings. The number of carboxylic acid groups (broad SMARTS) is 1. The van der Waals surface area contributed by atoms with Crippen molar-refractivity contribution < 1.29 is 112 Å². The van der Waals surface area contributed by atoms with Gasteiger partial charge in [-0.25, -0.2) is 87.8 Å². The highest BCUT2D eigenvalue weighted by Crippen LogP contribution is 2.30. The molecule has 0 atom stereocenters. The molecule has 0 saturated heterocycles. The maximum absolute atomic E-state index is 15.4. The van der Waals surface area contributed by atoms with E-state index < -0.39 is 163 Å². The van der Waals surface area contributed by atoms with Gasteiger partial charge in [0.2, 0.25) is 12.3 Å². The number of benzene rings is 5. The summed E-state index contributed by atoms with van der Waals surface area (Å²) < 4.78 is 296. The molecule has 0 spiro atoms. The Hall–Kier alpha value is -7.28. The summed E-state index contributed by atoms with van der Waals surface area (Å²) >= 11 is 0. The summed E-state index contributed by atoms with van der Waals surface area (Å²) in [6, 6.07) is 12.0. The van der Waals surface area contributed by atoms with E-state index in [1.54, 1.807) is 41.2 Å². The van der Waals surface area contributed by atoms with Gasteiger partial charge in [0.15, 0.2) is 88.0 Å². The van der Waals surface area contributed by atoms with Crippen LogP contribution in [0.15, 0.2) is 54.9 Å². The molecule has 0 saturated carbocycles. The molecule has 6 rings (SSSR count). The molecule has 1 aromatic heterocycles. The van der Waals surface area contributed by atoms with Gasteiger partial charge in [-0.2, -0.15) is 4.57 Å². The van der Waals surface area contributed by atoms with Crippen LogP contribution in [-0.2, 0) is 11.3 Å². The zero-order chi connectivity index (χ0) is 49.6. The monoisotopic (exact) mass is 963 g/mol. The molecule has 5 aromatic carbocycles. The van der Waals surface area contributed by atoms with E-state index in [4.69, 9.17) is 5.11 Å². The number of carbonyl (C=O) groups excluding carboxylic acids is 2. The molecular weight excluding hydrogens is 949 g/mol. The minimum Gasteiger partial charge on any atom is -0.481 e. The fourth-order valence-corrected chi connectivity index (χ4v) is 6.74. The molecule has 0 radical (unpaired) electrons. The van der Waals surface area contributed by atoms with Gasteiger partial charge in [0, 0.05) is 23.3 Å². The fourth-order valence-electron chi connectivity index (χ4n) is 6.74. The predicted octanol–water partition coefficient (Wildman–Crippen LogP) is 7.36. The summed E-state index contributed by atoms with van der Waals surface area (Å²) in [6.45, 7) is 0.164. The summed E-state index contributed by atoms with van der Waals surface area (Å²) in [5.41, 5.74) is -13.4. The molecule has 0 aliphatic rings. The number of aliphatic carboxylic acids is 1. The van der Waals surface area contributed by atoms with Gasteiger partial charge in [-0.3, -0.25) is 14.4 Å². The van der Waals surface area contributed by atoms with E-state index in [2.05, 4.69) is 0 Å². The van der Waals surface area contributed by atoms with Crippen LogP contribution in [0, 0.1) is 116 Å². The van der Waals surface area contributed by atoms with Crippen LogP contribution in [0.5, 0.6) is 0 Å². The molecule has 0 aliphatic carbocycles. The third kappa shape index (κ3) is 8.18. The standard InChI is InChI=1S/C24BF20.C16H13NO4/c26-5-1(6(27)14(35)21(42)13(5)34)25(2-7(28)15(36)22(43)16(37)8(2)29,3-9(30)17(38)23(44)18(39)10(3)31)4-11(32)19(40)24(45)20(41)12(4)33;18-14(10-16(20)21)13-6-8-17(9-7-13)11-15(19)12-4-2-1-3-5-12/h;1-9H,10-11H2/q-1;/p+1. The minimum absolute atomic E-state index is 0.0368. The van der Waals surface area contributed by atoms with Crippen molar-refractivity contribution in [2.75, 3.05) is 0 Å². The van der Waals surface area contributed by atoms with E-state index in [0.717, 1.165) is 0 Å². The van der Waals surface area contributed by atoms with Crippen molar-refractivity contribution in [3.8, 4) is 0 Å². The van der Waals surface area contributed by atoms with Gasteiger partial charge in [-0.1, -0.05) is 30.3 Å². The summed E-state index contributed by atoms with van der Waals surface area (Å²) in [5.74, 6) is -73.1. The first-order valence-electron chi connectivity index (χ1n) is 17.3. The number of aromatic nitrogens is 1. The molecule has 346 valence electrons. The van der Waals surface area contributed by atoms with Crippen LogP contribution in [0.1, 0.15) is 27.1 Å². The van der Waals surface area contributed by atoms with E-state index in [0.29, 0.717) is 11.1 Å². The number of hydrogen-bond acceptors (Lipinski definition) is 3. The zero-order valence-corrected chi connectivity index (χ0v) is 31.4. The third-order valence-electron chi connectivity index (χ3n) is 9.65. The lowest BCUT2D eigenvalue weighted by molar-refractivity contribution is -0.683. The Kier molecular flexibility index (Phi) is 14.1. The Bertz CT molecular complexity index is 2610. The first-order chi connectivity index (χ1) is 30.8. The highest BCUT2D eigenvalue weighted by Gasteiger charge is 2.52. The Morgan fingerprint density at radius 1 is 0.364 bits per heavy atom. The van der Waals surface area contributed by atoms with Gasteiger partial charge < -0.3 is 5.11 Å². The van der Waals surface area contributed by atoms with Gasteiger partial charge >= 0.3 is 5.97 Å². The summed E-state index contributed by atoms with van der Waals surface area (Å²) in [6.07, 6.45) is -4.57. The van der Waals surface area contributed by atoms with Crippen LogP contribution in [0.4, 0.5) is 87.8 Å². The van der Waals surface area contributed by atoms with Crippen LogP contribution in [0.2, 0.25) is 0 Å². The maximum Gasteiger partial charge on any atom is 0.311 e. The van der Waals surface area contributed by atoms with Crippen molar-refractivity contribution in [2.24, 2.45) is 0 Å². The molecule has 0 amide bonds. The van der Waals surface area contributed by atoms with Gasteiger partial charge in [-0.15, -0.1) is 21.9 Å². The number of carboxylic acids is 1. The molecule has 0 unspecified atom stereocenters. The Morgan fingerprint density at radius 2 is 0.606 bits per heavy atom. The number of nitrogens with zero attached hydrogens (tertiary/aromatic N) is 1. The molecule has 1 N–H and O–H groups in total. The second-order valence-corrected chi connectivity index (χ2v) is 13.3. The van der Waals surface area contributed by atoms with Crippen molar-refractivity contribution >= 4 is 45.5 Å². The van der Waals surface area contributed by atoms with Crippen LogP contribution < -0.4 is 26.4 Å². The van der Waals surface area contributed by atoms with Crippen molar-refractivity contribution in [1.29, 1.82) is 0 Å². The molecule has 0 fully saturated rings. The van der Waals surface area contributed by atoms with Crippen LogP contribution >= 0.6 is 0 Å². The van der Waals surface area contributed by atoms with E-state index in [9.17, 15) is 67.1 Å². The number of pyridine rings is 1. The van der Waals surface area contributed by atoms with Crippen LogP contribution in [-0.4, -0.2) is 28.8 Å². The minimum atomic E-state index is -7.22. The van der Waals surface area contributed by atoms with Crippen molar-refractivity contribution in [3.63, 3.8) is 0 Å². The average molecular weight is 963 g/mol. The van der Waals surface area contributed by atoms with Crippen LogP contribution in [0.25, 0.3) is 0 Å². The second-order valence-electron chi connectivity index (χ2n) is 13.3. The Morgan fingerprint density at radius 3 is 0.864 bits per heavy atom. The lowest BCUT2D eigenvalue weighted by atomic mass is 9.12. The first kappa shape index (κ1) is 49.7. The van der Waals surface area contributed by atoms with Crippen molar-refractivity contribution in [2.45, 2.75) is 13.0 Å². The summed E-state index contributed by atoms with van der Waals surface area (Å²) in [4.78, 5) is 34.0. The van der Waals surface area contributed by atoms with Crippen LogP contribution in [0.3, 0.4) is 0 Å². The summed E-state index contributed by atoms with van der Waals surface area (Å²) in [5, 5.41) is 8.57. The number of hydrogen-bond donors (Lipinski definition) is 1. The number of ketones is 2. The number of halogens is 20. The zero-order valence-electron chi connectivity index (χ0n) is 31.4. The lowest BCUT2D eigenvalue weighted by Gasteiger charge is -2.44. The van der Waals surface area contributed by atoms with Gasteiger partial charge in [0.1, 0.15) is 59.1 Å². The molecule has 66 heavy (non-hydrogen) atoms. The van der Waals surface area contributed by atoms with Gasteiger partial charge in [-0.05, 0) is 0 Å². The van der Waals surface area contributed by atoms with E-state index in [1.165, 1.54) is 12.1 Å². The largest absolute Gasteiger partial charge is 0.481 e. The van der Waals surface area contributed by atoms with Crippen molar-refractivity contribution in [1.82, 2.24) is 0 Å². The lowest BCUT2D eigenvalue weighted by Crippen LogP contribution is -2.81. The molecule has 0 bridgehead atoms. The van der Waals surface area contributed by atoms with Crippen molar-refractivity contribution in [3.05, 3.63) is 182 Å². The fraction of sp³-hybridized carbons (Fsp3) is 0.0500. The first-order valence-corrected chi connectivity index (χ1v) is 17.3. The SMILES string of the molecule is Fc1c(F)c(F)c([B-](c2c(F)c(F)c(F)c(F)c2F)(c2c(F)c(F)c(F)c(F)c2F)c2c(F)c(F)c(F)c(F)c2F)c(F)c1F.O=C(O)CC(=O)c1cc[n+](CC(=O)c2ccccc2)cc1. The molecule has 0 aliphatic heterocycles. The predicted molar refractivity (Wildman–Crippen MR) is 183 cm³/mol. The number of carbonyl (C=O) groups is 3. The smallest absolute Gasteiger partial charge is 0.311 e. The van der Waals surface area contributed by atoms with E-state index in [1.807, 2.05) is 6.07 Å². The Labute approximate surface area is 352 Å². The average Bonchev–Trinajstić information content (AvgIpc) is 3.29. The summed E-state index contributed by atoms with van der Waals surface area (Å²) in [7, 11) is 0. The molecule has 5 nitrogen and oxygen atoms in total. The quantitative estimate of drug-likeness (QED) is 0.0297. The normalized spacial score (nSPS) is 11.4. The highest BCUT2D eigenvalue weighted by molar-refractivity contribution is 7.20. The maximum atomic E-state index is 15.4. The molecular formula is C40H14BF20NO4. The molecule has 1 heterocycles. The third-order valence-corrected chi connectivity index (χ3v) is 9.65. The second kappa shape index (κ2) is 18.7. The Balaban J connectivity index is 0.000000324. The topological polar surface area (TPSA) is 75.3 Å². The van der Waals surface area contributed by atoms with E-state index >= 15 is 35.1 Å². The van der Waals surface area contributed by atoms with Gasteiger partial charge in [0.25, 0.3) is 0 Å². The number of rotatable bonds is 10.